The Labute approximate surface area is 194 Å². The number of nitrogens with zero attached hydrogens (tertiary/aromatic N) is 2. The maximum Gasteiger partial charge on any atom is 0.422 e. The SMILES string of the molecule is C[C@]1(c2cc(NC(=O)c3ccc(OCC(F)(F)F)cn3)cc(F)c2F)N=C(N)S[C@@]2(CF)C[C@H]21. The number of aromatic nitrogens is 1. The van der Waals surface area contributed by atoms with Crippen molar-refractivity contribution >= 4 is 28.5 Å². The van der Waals surface area contributed by atoms with E-state index in [1.165, 1.54) is 13.0 Å². The molecule has 1 aliphatic carbocycles. The van der Waals surface area contributed by atoms with Gasteiger partial charge in [0.15, 0.2) is 23.4 Å². The van der Waals surface area contributed by atoms with Gasteiger partial charge in [-0.2, -0.15) is 13.2 Å². The third-order valence-electron chi connectivity index (χ3n) is 5.78. The Morgan fingerprint density at radius 1 is 1.32 bits per heavy atom. The number of hydrogen-bond acceptors (Lipinski definition) is 6. The minimum absolute atomic E-state index is 0.0557. The molecule has 0 unspecified atom stereocenters. The summed E-state index contributed by atoms with van der Waals surface area (Å²) in [7, 11) is 0. The summed E-state index contributed by atoms with van der Waals surface area (Å²) >= 11 is 1.07. The number of carbonyl (C=O) groups excluding carboxylic acids is 1. The fraction of sp³-hybridized carbons (Fsp3) is 0.381. The molecule has 13 heteroatoms. The van der Waals surface area contributed by atoms with Crippen molar-refractivity contribution in [3.05, 3.63) is 53.4 Å². The number of hydrogen-bond donors (Lipinski definition) is 2. The minimum atomic E-state index is -4.53. The molecule has 34 heavy (non-hydrogen) atoms. The molecule has 182 valence electrons. The summed E-state index contributed by atoms with van der Waals surface area (Å²) in [5.41, 5.74) is 4.00. The van der Waals surface area contributed by atoms with E-state index >= 15 is 0 Å². The minimum Gasteiger partial charge on any atom is -0.483 e. The number of anilines is 1. The highest BCUT2D eigenvalue weighted by atomic mass is 32.2. The first kappa shape index (κ1) is 24.2. The number of nitrogens with one attached hydrogen (secondary N) is 1. The van der Waals surface area contributed by atoms with Crippen LogP contribution in [0.15, 0.2) is 35.5 Å². The molecule has 6 nitrogen and oxygen atoms in total. The highest BCUT2D eigenvalue weighted by Crippen LogP contribution is 2.66. The van der Waals surface area contributed by atoms with E-state index in [1.807, 2.05) is 0 Å². The number of amidine groups is 1. The van der Waals surface area contributed by atoms with Crippen molar-refractivity contribution in [1.82, 2.24) is 4.98 Å². The van der Waals surface area contributed by atoms with E-state index in [0.29, 0.717) is 6.42 Å². The van der Waals surface area contributed by atoms with Gasteiger partial charge in [-0.3, -0.25) is 9.79 Å². The Morgan fingerprint density at radius 2 is 2.06 bits per heavy atom. The quantitative estimate of drug-likeness (QED) is 0.564. The van der Waals surface area contributed by atoms with Crippen molar-refractivity contribution < 1.29 is 35.9 Å². The second-order valence-electron chi connectivity index (χ2n) is 8.21. The molecule has 0 bridgehead atoms. The fourth-order valence-electron chi connectivity index (χ4n) is 4.06. The van der Waals surface area contributed by atoms with Gasteiger partial charge >= 0.3 is 6.18 Å². The van der Waals surface area contributed by atoms with Crippen molar-refractivity contribution in [3.63, 3.8) is 0 Å². The Hall–Kier alpha value is -2.96. The molecule has 2 aromatic rings. The van der Waals surface area contributed by atoms with E-state index in [4.69, 9.17) is 5.73 Å². The number of carbonyl (C=O) groups is 1. The molecular weight excluding hydrogens is 486 g/mol. The zero-order chi connectivity index (χ0) is 24.9. The first-order valence-electron chi connectivity index (χ1n) is 9.94. The zero-order valence-electron chi connectivity index (χ0n) is 17.5. The lowest BCUT2D eigenvalue weighted by atomic mass is 9.85. The Kier molecular flexibility index (Phi) is 5.95. The molecule has 1 aliphatic heterocycles. The number of aliphatic imine (C=N–C) groups is 1. The summed E-state index contributed by atoms with van der Waals surface area (Å²) in [4.78, 5) is 20.5. The van der Waals surface area contributed by atoms with Crippen LogP contribution in [0.4, 0.5) is 32.0 Å². The number of rotatable bonds is 6. The zero-order valence-corrected chi connectivity index (χ0v) is 18.4. The van der Waals surface area contributed by atoms with E-state index in [1.54, 1.807) is 0 Å². The molecule has 0 radical (unpaired) electrons. The van der Waals surface area contributed by atoms with Crippen LogP contribution >= 0.6 is 11.8 Å². The number of alkyl halides is 4. The van der Waals surface area contributed by atoms with Crippen LogP contribution in [0.1, 0.15) is 29.4 Å². The lowest BCUT2D eigenvalue weighted by molar-refractivity contribution is -0.153. The van der Waals surface area contributed by atoms with Crippen molar-refractivity contribution in [3.8, 4) is 5.75 Å². The van der Waals surface area contributed by atoms with E-state index in [2.05, 4.69) is 20.0 Å². The summed E-state index contributed by atoms with van der Waals surface area (Å²) in [5, 5.41) is 2.43. The predicted octanol–water partition coefficient (Wildman–Crippen LogP) is 4.56. The lowest BCUT2D eigenvalue weighted by Gasteiger charge is -2.33. The summed E-state index contributed by atoms with van der Waals surface area (Å²) in [6.45, 7) is -0.692. The van der Waals surface area contributed by atoms with Crippen LogP contribution in [0.25, 0.3) is 0 Å². The molecule has 1 aromatic heterocycles. The third-order valence-corrected chi connectivity index (χ3v) is 7.05. The average molecular weight is 504 g/mol. The van der Waals surface area contributed by atoms with Gasteiger partial charge in [-0.25, -0.2) is 18.2 Å². The first-order valence-corrected chi connectivity index (χ1v) is 10.8. The molecule has 1 saturated carbocycles. The van der Waals surface area contributed by atoms with Crippen LogP contribution in [0, 0.1) is 17.6 Å². The highest BCUT2D eigenvalue weighted by Gasteiger charge is 2.66. The molecule has 1 aromatic carbocycles. The molecule has 2 aliphatic rings. The van der Waals surface area contributed by atoms with Crippen LogP contribution in [-0.2, 0) is 5.54 Å². The molecule has 0 spiro atoms. The van der Waals surface area contributed by atoms with Crippen LogP contribution in [-0.4, -0.2) is 40.3 Å². The average Bonchev–Trinajstić information content (AvgIpc) is 3.50. The maximum absolute atomic E-state index is 14.8. The Bertz CT molecular complexity index is 1160. The van der Waals surface area contributed by atoms with Gasteiger partial charge in [0.1, 0.15) is 18.1 Å². The second-order valence-corrected chi connectivity index (χ2v) is 9.65. The fourth-order valence-corrected chi connectivity index (χ4v) is 5.39. The summed E-state index contributed by atoms with van der Waals surface area (Å²) in [6.07, 6.45) is -3.23. The monoisotopic (exact) mass is 504 g/mol. The molecule has 2 heterocycles. The molecule has 3 N–H and O–H groups in total. The van der Waals surface area contributed by atoms with Crippen molar-refractivity contribution in [2.75, 3.05) is 18.6 Å². The lowest BCUT2D eigenvalue weighted by Crippen LogP contribution is -2.37. The van der Waals surface area contributed by atoms with E-state index < -0.39 is 53.2 Å². The standard InChI is InChI=1S/C21H18F6N4O2S/c1-19(15-6-20(15,8-22)34-18(28)31-19)12-4-10(5-13(23)16(12)24)30-17(32)14-3-2-11(7-29-14)33-9-21(25,26)27/h2-5,7,15H,6,8-9H2,1H3,(H2,28,31)(H,30,32)/t15-,19+,20+/m0/s1. The third kappa shape index (κ3) is 4.52. The van der Waals surface area contributed by atoms with Gasteiger partial charge in [-0.05, 0) is 31.5 Å². The summed E-state index contributed by atoms with van der Waals surface area (Å²) in [5.74, 6) is -3.89. The molecule has 1 amide bonds. The van der Waals surface area contributed by atoms with Gasteiger partial charge < -0.3 is 15.8 Å². The van der Waals surface area contributed by atoms with Crippen LogP contribution in [0.3, 0.4) is 0 Å². The smallest absolute Gasteiger partial charge is 0.422 e. The molecule has 1 fully saturated rings. The largest absolute Gasteiger partial charge is 0.483 e. The van der Waals surface area contributed by atoms with Crippen LogP contribution < -0.4 is 15.8 Å². The highest BCUT2D eigenvalue weighted by molar-refractivity contribution is 8.15. The molecular formula is C21H18F6N4O2S. The number of pyridine rings is 1. The summed E-state index contributed by atoms with van der Waals surface area (Å²) in [6, 6.07) is 4.20. The number of benzene rings is 1. The van der Waals surface area contributed by atoms with Gasteiger partial charge in [0, 0.05) is 23.2 Å². The van der Waals surface area contributed by atoms with E-state index in [9.17, 15) is 31.1 Å². The molecule has 3 atom stereocenters. The molecule has 0 saturated heterocycles. The van der Waals surface area contributed by atoms with Crippen LogP contribution in [0.2, 0.25) is 0 Å². The topological polar surface area (TPSA) is 89.6 Å². The van der Waals surface area contributed by atoms with E-state index in [-0.39, 0.29) is 27.9 Å². The summed E-state index contributed by atoms with van der Waals surface area (Å²) < 4.78 is 83.3. The maximum atomic E-state index is 14.8. The predicted molar refractivity (Wildman–Crippen MR) is 113 cm³/mol. The van der Waals surface area contributed by atoms with Crippen LogP contribution in [0.5, 0.6) is 5.75 Å². The van der Waals surface area contributed by atoms with Crippen molar-refractivity contribution in [2.45, 2.75) is 29.8 Å². The van der Waals surface area contributed by atoms with Crippen molar-refractivity contribution in [2.24, 2.45) is 16.6 Å². The van der Waals surface area contributed by atoms with Gasteiger partial charge in [0.25, 0.3) is 5.91 Å². The number of ether oxygens (including phenoxy) is 1. The number of amides is 1. The van der Waals surface area contributed by atoms with E-state index in [0.717, 1.165) is 36.2 Å². The van der Waals surface area contributed by atoms with Gasteiger partial charge in [-0.1, -0.05) is 11.8 Å². The van der Waals surface area contributed by atoms with Gasteiger partial charge in [0.2, 0.25) is 0 Å². The number of thioether (sulfide) groups is 1. The second kappa shape index (κ2) is 8.36. The van der Waals surface area contributed by atoms with Gasteiger partial charge in [-0.15, -0.1) is 0 Å². The van der Waals surface area contributed by atoms with Gasteiger partial charge in [0.05, 0.1) is 16.5 Å². The first-order chi connectivity index (χ1) is 15.9. The number of nitrogens with two attached hydrogens (primary N) is 1. The number of fused-ring (bicyclic) bond motifs is 1. The molecule has 4 rings (SSSR count). The Balaban J connectivity index is 1.56. The Morgan fingerprint density at radius 3 is 2.68 bits per heavy atom. The normalized spacial score (nSPS) is 25.9. The van der Waals surface area contributed by atoms with Crippen molar-refractivity contribution in [1.29, 1.82) is 0 Å². The number of halogens is 6.